The zero-order valence-corrected chi connectivity index (χ0v) is 16.1. The summed E-state index contributed by atoms with van der Waals surface area (Å²) in [4.78, 5) is 29.6. The van der Waals surface area contributed by atoms with E-state index in [1.807, 2.05) is 6.07 Å². The van der Waals surface area contributed by atoms with Gasteiger partial charge in [0.1, 0.15) is 17.1 Å². The van der Waals surface area contributed by atoms with Gasteiger partial charge in [0.15, 0.2) is 0 Å². The summed E-state index contributed by atoms with van der Waals surface area (Å²) in [6, 6.07) is 15.5. The zero-order chi connectivity index (χ0) is 20.6. The van der Waals surface area contributed by atoms with Gasteiger partial charge < -0.3 is 20.1 Å². The predicted molar refractivity (Wildman–Crippen MR) is 109 cm³/mol. The maximum Gasteiger partial charge on any atom is 0.263 e. The number of nitrogens with zero attached hydrogens (tertiary/aromatic N) is 1. The van der Waals surface area contributed by atoms with Crippen molar-refractivity contribution >= 4 is 17.5 Å². The molecule has 0 atom stereocenters. The highest BCUT2D eigenvalue weighted by molar-refractivity contribution is 6.11. The molecule has 3 aromatic rings. The first-order chi connectivity index (χ1) is 14.1. The van der Waals surface area contributed by atoms with E-state index in [-0.39, 0.29) is 11.5 Å². The molecule has 2 N–H and O–H groups in total. The topological polar surface area (TPSA) is 89.5 Å². The fraction of sp³-hybridized carbons (Fsp3) is 0.136. The number of methoxy groups -OCH3 is 2. The summed E-state index contributed by atoms with van der Waals surface area (Å²) in [5, 5.41) is 5.62. The molecule has 7 heteroatoms. The van der Waals surface area contributed by atoms with Gasteiger partial charge in [0, 0.05) is 18.9 Å². The van der Waals surface area contributed by atoms with Gasteiger partial charge in [0.2, 0.25) is 0 Å². The molecule has 0 spiro atoms. The molecular weight excluding hydrogens is 370 g/mol. The van der Waals surface area contributed by atoms with Crippen molar-refractivity contribution in [2.24, 2.45) is 0 Å². The van der Waals surface area contributed by atoms with Crippen molar-refractivity contribution < 1.29 is 19.1 Å². The van der Waals surface area contributed by atoms with Gasteiger partial charge in [-0.3, -0.25) is 14.6 Å². The Labute approximate surface area is 168 Å². The lowest BCUT2D eigenvalue weighted by Gasteiger charge is -2.15. The molecule has 0 unspecified atom stereocenters. The number of carbonyl (C=O) groups is 2. The van der Waals surface area contributed by atoms with Crippen LogP contribution in [0, 0.1) is 0 Å². The third-order valence-electron chi connectivity index (χ3n) is 4.25. The van der Waals surface area contributed by atoms with Crippen LogP contribution in [0.4, 0.5) is 5.69 Å². The first-order valence-electron chi connectivity index (χ1n) is 8.92. The van der Waals surface area contributed by atoms with Crippen molar-refractivity contribution in [1.29, 1.82) is 0 Å². The van der Waals surface area contributed by atoms with Gasteiger partial charge in [-0.05, 0) is 35.9 Å². The van der Waals surface area contributed by atoms with Gasteiger partial charge in [0.25, 0.3) is 11.8 Å². The minimum atomic E-state index is -0.438. The van der Waals surface area contributed by atoms with Gasteiger partial charge in [-0.2, -0.15) is 0 Å². The summed E-state index contributed by atoms with van der Waals surface area (Å²) >= 11 is 0. The minimum Gasteiger partial charge on any atom is -0.496 e. The van der Waals surface area contributed by atoms with Crippen molar-refractivity contribution in [3.63, 3.8) is 0 Å². The second-order valence-electron chi connectivity index (χ2n) is 6.08. The van der Waals surface area contributed by atoms with Crippen molar-refractivity contribution in [3.05, 3.63) is 83.7 Å². The minimum absolute atomic E-state index is 0.253. The second-order valence-corrected chi connectivity index (χ2v) is 6.08. The van der Waals surface area contributed by atoms with Gasteiger partial charge in [0.05, 0.1) is 25.5 Å². The van der Waals surface area contributed by atoms with Gasteiger partial charge in [-0.1, -0.05) is 24.3 Å². The molecule has 0 radical (unpaired) electrons. The van der Waals surface area contributed by atoms with E-state index in [1.165, 1.54) is 14.2 Å². The molecule has 29 heavy (non-hydrogen) atoms. The van der Waals surface area contributed by atoms with E-state index in [1.54, 1.807) is 60.9 Å². The van der Waals surface area contributed by atoms with E-state index in [0.717, 1.165) is 5.56 Å². The van der Waals surface area contributed by atoms with E-state index in [2.05, 4.69) is 15.6 Å². The Bertz CT molecular complexity index is 984. The number of ether oxygens (including phenoxy) is 2. The molecule has 2 amide bonds. The van der Waals surface area contributed by atoms with Gasteiger partial charge in [-0.25, -0.2) is 0 Å². The molecule has 1 aromatic heterocycles. The molecule has 1 heterocycles. The molecule has 148 valence electrons. The predicted octanol–water partition coefficient (Wildman–Crippen LogP) is 3.28. The normalized spacial score (nSPS) is 10.1. The van der Waals surface area contributed by atoms with Gasteiger partial charge in [-0.15, -0.1) is 0 Å². The van der Waals surface area contributed by atoms with Crippen LogP contribution in [-0.4, -0.2) is 31.0 Å². The van der Waals surface area contributed by atoms with Crippen molar-refractivity contribution in [3.8, 4) is 11.5 Å². The largest absolute Gasteiger partial charge is 0.496 e. The Morgan fingerprint density at radius 2 is 1.62 bits per heavy atom. The number of aromatic nitrogens is 1. The summed E-state index contributed by atoms with van der Waals surface area (Å²) in [5.74, 6) is 0.00396. The molecule has 7 nitrogen and oxygen atoms in total. The summed E-state index contributed by atoms with van der Waals surface area (Å²) in [7, 11) is 2.96. The SMILES string of the molecule is COc1cccc(OC)c1C(=O)Nc1ccccc1C(=O)NCc1cccnc1. The lowest BCUT2D eigenvalue weighted by molar-refractivity contribution is 0.0951. The van der Waals surface area contributed by atoms with Crippen molar-refractivity contribution in [1.82, 2.24) is 10.3 Å². The van der Waals surface area contributed by atoms with Gasteiger partial charge >= 0.3 is 0 Å². The first-order valence-corrected chi connectivity index (χ1v) is 8.92. The molecule has 0 aliphatic carbocycles. The maximum absolute atomic E-state index is 12.9. The van der Waals surface area contributed by atoms with Crippen molar-refractivity contribution in [2.75, 3.05) is 19.5 Å². The maximum atomic E-state index is 12.9. The number of para-hydroxylation sites is 1. The molecular formula is C22H21N3O4. The Morgan fingerprint density at radius 3 is 2.28 bits per heavy atom. The smallest absolute Gasteiger partial charge is 0.263 e. The van der Waals surface area contributed by atoms with Crippen LogP contribution in [0.25, 0.3) is 0 Å². The number of anilines is 1. The van der Waals surface area contributed by atoms with E-state index < -0.39 is 5.91 Å². The summed E-state index contributed by atoms with van der Waals surface area (Å²) in [6.07, 6.45) is 3.35. The van der Waals surface area contributed by atoms with E-state index in [9.17, 15) is 9.59 Å². The van der Waals surface area contributed by atoms with E-state index in [4.69, 9.17) is 9.47 Å². The van der Waals surface area contributed by atoms with Crippen LogP contribution >= 0.6 is 0 Å². The lowest BCUT2D eigenvalue weighted by Crippen LogP contribution is -2.25. The molecule has 0 saturated carbocycles. The highest BCUT2D eigenvalue weighted by Crippen LogP contribution is 2.29. The van der Waals surface area contributed by atoms with Crippen LogP contribution in [0.1, 0.15) is 26.3 Å². The van der Waals surface area contributed by atoms with Crippen molar-refractivity contribution in [2.45, 2.75) is 6.54 Å². The number of carbonyl (C=O) groups excluding carboxylic acids is 2. The summed E-state index contributed by atoms with van der Waals surface area (Å²) in [5.41, 5.74) is 1.86. The second kappa shape index (κ2) is 9.36. The number of pyridine rings is 1. The molecule has 0 aliphatic rings. The quantitative estimate of drug-likeness (QED) is 0.645. The Kier molecular flexibility index (Phi) is 6.42. The molecule has 0 fully saturated rings. The van der Waals surface area contributed by atoms with E-state index in [0.29, 0.717) is 29.3 Å². The summed E-state index contributed by atoms with van der Waals surface area (Å²) in [6.45, 7) is 0.329. The number of nitrogens with one attached hydrogen (secondary N) is 2. The number of hydrogen-bond acceptors (Lipinski definition) is 5. The van der Waals surface area contributed by atoms with Crippen LogP contribution in [-0.2, 0) is 6.54 Å². The number of rotatable bonds is 7. The van der Waals surface area contributed by atoms with Crippen LogP contribution in [0.3, 0.4) is 0 Å². The lowest BCUT2D eigenvalue weighted by atomic mass is 10.1. The van der Waals surface area contributed by atoms with E-state index >= 15 is 0 Å². The highest BCUT2D eigenvalue weighted by atomic mass is 16.5. The highest BCUT2D eigenvalue weighted by Gasteiger charge is 2.20. The van der Waals surface area contributed by atoms with Crippen LogP contribution in [0.5, 0.6) is 11.5 Å². The molecule has 0 aliphatic heterocycles. The Balaban J connectivity index is 1.81. The third-order valence-corrected chi connectivity index (χ3v) is 4.25. The molecule has 3 rings (SSSR count). The fourth-order valence-corrected chi connectivity index (χ4v) is 2.83. The zero-order valence-electron chi connectivity index (χ0n) is 16.1. The molecule has 2 aromatic carbocycles. The average Bonchev–Trinajstić information content (AvgIpc) is 2.77. The summed E-state index contributed by atoms with van der Waals surface area (Å²) < 4.78 is 10.6. The number of benzene rings is 2. The molecule has 0 bridgehead atoms. The van der Waals surface area contributed by atoms with Crippen LogP contribution < -0.4 is 20.1 Å². The average molecular weight is 391 g/mol. The van der Waals surface area contributed by atoms with Crippen LogP contribution in [0.15, 0.2) is 67.0 Å². The monoisotopic (exact) mass is 391 g/mol. The Hall–Kier alpha value is -3.87. The fourth-order valence-electron chi connectivity index (χ4n) is 2.83. The number of hydrogen-bond donors (Lipinski definition) is 2. The molecule has 0 saturated heterocycles. The Morgan fingerprint density at radius 1 is 0.897 bits per heavy atom. The number of amides is 2. The standard InChI is InChI=1S/C22H21N3O4/c1-28-18-10-5-11-19(29-2)20(18)22(27)25-17-9-4-3-8-16(17)21(26)24-14-15-7-6-12-23-13-15/h3-13H,14H2,1-2H3,(H,24,26)(H,25,27). The van der Waals surface area contributed by atoms with Crippen LogP contribution in [0.2, 0.25) is 0 Å². The third kappa shape index (κ3) is 4.70. The first kappa shape index (κ1) is 19.9.